The maximum absolute atomic E-state index is 12.1. The van der Waals surface area contributed by atoms with Crippen LogP contribution in [0.3, 0.4) is 0 Å². The van der Waals surface area contributed by atoms with Crippen LogP contribution in [0.2, 0.25) is 0 Å². The number of amides is 1. The summed E-state index contributed by atoms with van der Waals surface area (Å²) in [5.41, 5.74) is 6.27. The Labute approximate surface area is 115 Å². The zero-order chi connectivity index (χ0) is 13.9. The maximum atomic E-state index is 12.1. The zero-order valence-electron chi connectivity index (χ0n) is 10.7. The molecule has 1 unspecified atom stereocenters. The fourth-order valence-corrected chi connectivity index (χ4v) is 2.17. The quantitative estimate of drug-likeness (QED) is 0.840. The normalized spacial score (nSPS) is 16.5. The molecule has 0 saturated carbocycles. The minimum absolute atomic E-state index is 0.0672. The number of ether oxygens (including phenoxy) is 1. The molecule has 20 heavy (non-hydrogen) atoms. The molecule has 7 nitrogen and oxygen atoms in total. The van der Waals surface area contributed by atoms with E-state index in [1.807, 2.05) is 24.3 Å². The summed E-state index contributed by atoms with van der Waals surface area (Å²) >= 11 is 0. The lowest BCUT2D eigenvalue weighted by molar-refractivity contribution is -0.122. The Morgan fingerprint density at radius 3 is 3.10 bits per heavy atom. The second-order valence-corrected chi connectivity index (χ2v) is 4.49. The molecule has 1 aromatic carbocycles. The van der Waals surface area contributed by atoms with Crippen molar-refractivity contribution in [1.82, 2.24) is 15.5 Å². The van der Waals surface area contributed by atoms with Gasteiger partial charge in [-0.15, -0.1) is 0 Å². The monoisotopic (exact) mass is 274 g/mol. The summed E-state index contributed by atoms with van der Waals surface area (Å²) in [7, 11) is 0. The number of para-hydroxylation sites is 1. The molecule has 0 bridgehead atoms. The molecule has 3 rings (SSSR count). The number of anilines is 1. The number of carbonyl (C=O) groups excluding carboxylic acids is 1. The number of nitrogens with zero attached hydrogens (tertiary/aromatic N) is 2. The highest BCUT2D eigenvalue weighted by atomic mass is 16.5. The van der Waals surface area contributed by atoms with E-state index in [4.69, 9.17) is 15.0 Å². The first-order chi connectivity index (χ1) is 9.74. The largest absolute Gasteiger partial charge is 0.492 e. The lowest BCUT2D eigenvalue weighted by Crippen LogP contribution is -2.31. The molecule has 0 spiro atoms. The summed E-state index contributed by atoms with van der Waals surface area (Å²) in [4.78, 5) is 16.0. The molecule has 0 radical (unpaired) electrons. The van der Waals surface area contributed by atoms with Crippen LogP contribution in [0.1, 0.15) is 17.4 Å². The van der Waals surface area contributed by atoms with Crippen molar-refractivity contribution in [3.8, 4) is 5.75 Å². The summed E-state index contributed by atoms with van der Waals surface area (Å²) in [5.74, 6) is 0.953. The van der Waals surface area contributed by atoms with Crippen LogP contribution in [-0.4, -0.2) is 29.2 Å². The number of nitrogen functional groups attached to an aromatic ring is 1. The van der Waals surface area contributed by atoms with Crippen molar-refractivity contribution in [3.63, 3.8) is 0 Å². The van der Waals surface area contributed by atoms with E-state index in [0.29, 0.717) is 25.5 Å². The number of nitrogens with two attached hydrogens (primary N) is 1. The van der Waals surface area contributed by atoms with Crippen molar-refractivity contribution in [2.24, 2.45) is 0 Å². The molecule has 7 heteroatoms. The molecular formula is C13H14N4O3. The Balaban J connectivity index is 1.55. The van der Waals surface area contributed by atoms with Gasteiger partial charge in [-0.3, -0.25) is 4.79 Å². The molecule has 0 aliphatic carbocycles. The van der Waals surface area contributed by atoms with Crippen LogP contribution in [-0.2, 0) is 11.2 Å². The Kier molecular flexibility index (Phi) is 3.24. The summed E-state index contributed by atoms with van der Waals surface area (Å²) in [6, 6.07) is 7.56. The molecule has 1 aromatic heterocycles. The average molecular weight is 274 g/mol. The summed E-state index contributed by atoms with van der Waals surface area (Å²) in [6.07, 6.45) is 0.450. The van der Waals surface area contributed by atoms with E-state index in [2.05, 4.69) is 15.5 Å². The topological polar surface area (TPSA) is 103 Å². The summed E-state index contributed by atoms with van der Waals surface area (Å²) in [5, 5.41) is 6.32. The lowest BCUT2D eigenvalue weighted by atomic mass is 10.0. The van der Waals surface area contributed by atoms with Crippen LogP contribution < -0.4 is 15.8 Å². The van der Waals surface area contributed by atoms with Gasteiger partial charge in [0.2, 0.25) is 11.8 Å². The van der Waals surface area contributed by atoms with Crippen molar-refractivity contribution in [3.05, 3.63) is 35.7 Å². The van der Waals surface area contributed by atoms with Gasteiger partial charge in [0.25, 0.3) is 5.95 Å². The molecule has 3 N–H and O–H groups in total. The summed E-state index contributed by atoms with van der Waals surface area (Å²) < 4.78 is 10.3. The first-order valence-electron chi connectivity index (χ1n) is 6.31. The van der Waals surface area contributed by atoms with Crippen molar-refractivity contribution < 1.29 is 14.1 Å². The van der Waals surface area contributed by atoms with Crippen LogP contribution in [0.4, 0.5) is 5.95 Å². The van der Waals surface area contributed by atoms with Gasteiger partial charge in [0.05, 0.1) is 0 Å². The SMILES string of the molecule is Nc1noc(CCNC(=O)C2COc3ccccc32)n1. The highest BCUT2D eigenvalue weighted by Gasteiger charge is 2.29. The molecule has 2 heterocycles. The van der Waals surface area contributed by atoms with Gasteiger partial charge in [0.15, 0.2) is 0 Å². The van der Waals surface area contributed by atoms with Gasteiger partial charge in [-0.1, -0.05) is 18.2 Å². The van der Waals surface area contributed by atoms with E-state index in [9.17, 15) is 4.79 Å². The number of fused-ring (bicyclic) bond motifs is 1. The van der Waals surface area contributed by atoms with Crippen molar-refractivity contribution in [2.45, 2.75) is 12.3 Å². The van der Waals surface area contributed by atoms with Gasteiger partial charge in [0, 0.05) is 18.5 Å². The van der Waals surface area contributed by atoms with Crippen molar-refractivity contribution in [1.29, 1.82) is 0 Å². The first-order valence-corrected chi connectivity index (χ1v) is 6.31. The van der Waals surface area contributed by atoms with Crippen molar-refractivity contribution in [2.75, 3.05) is 18.9 Å². The number of carbonyl (C=O) groups is 1. The second kappa shape index (κ2) is 5.20. The molecule has 1 aliphatic rings. The number of nitrogens with one attached hydrogen (secondary N) is 1. The number of benzene rings is 1. The first kappa shape index (κ1) is 12.5. The third-order valence-corrected chi connectivity index (χ3v) is 3.14. The fourth-order valence-electron chi connectivity index (χ4n) is 2.17. The van der Waals surface area contributed by atoms with Gasteiger partial charge in [-0.25, -0.2) is 0 Å². The molecule has 1 atom stereocenters. The standard InChI is InChI=1S/C13H14N4O3/c14-13-16-11(20-17-13)5-6-15-12(18)9-7-19-10-4-2-1-3-8(9)10/h1-4,9H,5-7H2,(H2,14,17)(H,15,18). The average Bonchev–Trinajstić information content (AvgIpc) is 3.05. The fraction of sp³-hybridized carbons (Fsp3) is 0.308. The predicted octanol–water partition coefficient (Wildman–Crippen LogP) is 0.487. The van der Waals surface area contributed by atoms with E-state index >= 15 is 0 Å². The molecular weight excluding hydrogens is 260 g/mol. The van der Waals surface area contributed by atoms with E-state index in [-0.39, 0.29) is 17.8 Å². The van der Waals surface area contributed by atoms with E-state index in [1.165, 1.54) is 0 Å². The van der Waals surface area contributed by atoms with Gasteiger partial charge in [0.1, 0.15) is 18.3 Å². The molecule has 104 valence electrons. The predicted molar refractivity (Wildman–Crippen MR) is 70.1 cm³/mol. The highest BCUT2D eigenvalue weighted by molar-refractivity contribution is 5.85. The van der Waals surface area contributed by atoms with Crippen LogP contribution in [0.5, 0.6) is 5.75 Å². The van der Waals surface area contributed by atoms with Gasteiger partial charge in [-0.05, 0) is 11.2 Å². The van der Waals surface area contributed by atoms with Gasteiger partial charge in [-0.2, -0.15) is 4.98 Å². The minimum atomic E-state index is -0.265. The molecule has 2 aromatic rings. The Bertz CT molecular complexity index is 626. The van der Waals surface area contributed by atoms with Crippen LogP contribution >= 0.6 is 0 Å². The van der Waals surface area contributed by atoms with Gasteiger partial charge >= 0.3 is 0 Å². The number of aromatic nitrogens is 2. The molecule has 1 aliphatic heterocycles. The Hall–Kier alpha value is -2.57. The minimum Gasteiger partial charge on any atom is -0.492 e. The molecule has 0 saturated heterocycles. The zero-order valence-corrected chi connectivity index (χ0v) is 10.7. The lowest BCUT2D eigenvalue weighted by Gasteiger charge is -2.09. The third kappa shape index (κ3) is 2.42. The van der Waals surface area contributed by atoms with Crippen LogP contribution in [0.15, 0.2) is 28.8 Å². The molecule has 0 fully saturated rings. The van der Waals surface area contributed by atoms with Gasteiger partial charge < -0.3 is 20.3 Å². The van der Waals surface area contributed by atoms with E-state index in [0.717, 1.165) is 11.3 Å². The maximum Gasteiger partial charge on any atom is 0.260 e. The Morgan fingerprint density at radius 1 is 1.45 bits per heavy atom. The van der Waals surface area contributed by atoms with E-state index < -0.39 is 0 Å². The number of rotatable bonds is 4. The number of hydrogen-bond acceptors (Lipinski definition) is 6. The number of hydrogen-bond donors (Lipinski definition) is 2. The molecule has 1 amide bonds. The third-order valence-electron chi connectivity index (χ3n) is 3.14. The van der Waals surface area contributed by atoms with Crippen molar-refractivity contribution >= 4 is 11.9 Å². The van der Waals surface area contributed by atoms with E-state index in [1.54, 1.807) is 0 Å². The smallest absolute Gasteiger partial charge is 0.260 e. The highest BCUT2D eigenvalue weighted by Crippen LogP contribution is 2.33. The van der Waals surface area contributed by atoms with Crippen LogP contribution in [0.25, 0.3) is 0 Å². The Morgan fingerprint density at radius 2 is 2.30 bits per heavy atom. The van der Waals surface area contributed by atoms with Crippen LogP contribution in [0, 0.1) is 0 Å². The second-order valence-electron chi connectivity index (χ2n) is 4.49. The summed E-state index contributed by atoms with van der Waals surface area (Å²) in [6.45, 7) is 0.790.